The lowest BCUT2D eigenvalue weighted by atomic mass is 10.0. The van der Waals surface area contributed by atoms with E-state index in [2.05, 4.69) is 49.6 Å². The highest BCUT2D eigenvalue weighted by Gasteiger charge is 2.16. The molecular formula is C34H67N2+. The van der Waals surface area contributed by atoms with Gasteiger partial charge in [-0.25, -0.2) is 9.55 Å². The van der Waals surface area contributed by atoms with E-state index >= 15 is 0 Å². The van der Waals surface area contributed by atoms with Crippen LogP contribution in [0.4, 0.5) is 0 Å². The third-order valence-electron chi connectivity index (χ3n) is 8.19. The number of hydrogen-bond donors (Lipinski definition) is 1. The molecule has 0 saturated heterocycles. The van der Waals surface area contributed by atoms with Gasteiger partial charge in [0.05, 0.1) is 6.04 Å². The Morgan fingerprint density at radius 2 is 0.972 bits per heavy atom. The third-order valence-corrected chi connectivity index (χ3v) is 8.19. The van der Waals surface area contributed by atoms with Crippen LogP contribution in [-0.4, -0.2) is 4.98 Å². The predicted octanol–water partition coefficient (Wildman–Crippen LogP) is 11.4. The zero-order valence-corrected chi connectivity index (χ0v) is 25.4. The maximum absolute atomic E-state index is 3.54. The number of H-pyrrole nitrogens is 1. The minimum absolute atomic E-state index is 0.635. The minimum Gasteiger partial charge on any atom is -0.248 e. The lowest BCUT2D eigenvalue weighted by Crippen LogP contribution is -2.39. The lowest BCUT2D eigenvalue weighted by Gasteiger charge is -2.10. The molecule has 0 saturated carbocycles. The monoisotopic (exact) mass is 504 g/mol. The molecule has 1 N–H and O–H groups in total. The van der Waals surface area contributed by atoms with Gasteiger partial charge in [-0.05, 0) is 32.1 Å². The first-order chi connectivity index (χ1) is 17.6. The van der Waals surface area contributed by atoms with Crippen molar-refractivity contribution < 1.29 is 4.57 Å². The summed E-state index contributed by atoms with van der Waals surface area (Å²) in [6.07, 6.45) is 39.9. The van der Waals surface area contributed by atoms with Gasteiger partial charge in [-0.2, -0.15) is 0 Å². The fourth-order valence-corrected chi connectivity index (χ4v) is 5.67. The van der Waals surface area contributed by atoms with E-state index in [0.717, 1.165) is 5.92 Å². The summed E-state index contributed by atoms with van der Waals surface area (Å²) in [6, 6.07) is 0.635. The number of nitrogens with one attached hydrogen (secondary N) is 1. The van der Waals surface area contributed by atoms with E-state index in [1.165, 1.54) is 166 Å². The molecule has 36 heavy (non-hydrogen) atoms. The summed E-state index contributed by atoms with van der Waals surface area (Å²) >= 11 is 0. The van der Waals surface area contributed by atoms with Gasteiger partial charge in [-0.3, -0.25) is 0 Å². The molecule has 2 heteroatoms. The van der Waals surface area contributed by atoms with E-state index < -0.39 is 0 Å². The van der Waals surface area contributed by atoms with Crippen molar-refractivity contribution in [1.82, 2.24) is 4.98 Å². The van der Waals surface area contributed by atoms with Gasteiger partial charge < -0.3 is 0 Å². The summed E-state index contributed by atoms with van der Waals surface area (Å²) < 4.78 is 2.52. The number of aryl methyl sites for hydroxylation is 1. The van der Waals surface area contributed by atoms with Crippen molar-refractivity contribution in [3.63, 3.8) is 0 Å². The first kappa shape index (κ1) is 33.2. The molecule has 2 nitrogen and oxygen atoms in total. The van der Waals surface area contributed by atoms with Gasteiger partial charge in [0.2, 0.25) is 0 Å². The van der Waals surface area contributed by atoms with E-state index in [4.69, 9.17) is 0 Å². The highest BCUT2D eigenvalue weighted by atomic mass is 15.1. The maximum Gasteiger partial charge on any atom is 0.254 e. The van der Waals surface area contributed by atoms with Gasteiger partial charge in [0.1, 0.15) is 12.4 Å². The minimum atomic E-state index is 0.635. The van der Waals surface area contributed by atoms with E-state index in [1.807, 2.05) is 0 Å². The maximum atomic E-state index is 3.54. The Labute approximate surface area is 227 Å². The first-order valence-electron chi connectivity index (χ1n) is 16.7. The molecule has 0 spiro atoms. The van der Waals surface area contributed by atoms with Crippen molar-refractivity contribution >= 4 is 0 Å². The molecule has 1 aromatic rings. The molecule has 1 aromatic heterocycles. The average Bonchev–Trinajstić information content (AvgIpc) is 3.33. The fraction of sp³-hybridized carbons (Fsp3) is 0.912. The summed E-state index contributed by atoms with van der Waals surface area (Å²) in [7, 11) is 0. The van der Waals surface area contributed by atoms with Gasteiger partial charge in [0, 0.05) is 6.42 Å². The zero-order chi connectivity index (χ0) is 26.1. The molecule has 1 heterocycles. The Morgan fingerprint density at radius 1 is 0.556 bits per heavy atom. The van der Waals surface area contributed by atoms with E-state index in [9.17, 15) is 0 Å². The first-order valence-corrected chi connectivity index (χ1v) is 16.7. The second-order valence-corrected chi connectivity index (χ2v) is 12.3. The van der Waals surface area contributed by atoms with E-state index in [1.54, 1.807) is 0 Å². The number of nitrogens with zero attached hydrogens (tertiary/aromatic N) is 1. The van der Waals surface area contributed by atoms with Gasteiger partial charge in [0.25, 0.3) is 5.82 Å². The summed E-state index contributed by atoms with van der Waals surface area (Å²) in [5.74, 6) is 2.33. The van der Waals surface area contributed by atoms with Gasteiger partial charge in [-0.15, -0.1) is 0 Å². The molecule has 1 atom stereocenters. The summed E-state index contributed by atoms with van der Waals surface area (Å²) in [6.45, 7) is 9.40. The lowest BCUT2D eigenvalue weighted by molar-refractivity contribution is -0.726. The van der Waals surface area contributed by atoms with Crippen LogP contribution in [0, 0.1) is 5.92 Å². The fourth-order valence-electron chi connectivity index (χ4n) is 5.67. The van der Waals surface area contributed by atoms with Crippen molar-refractivity contribution in [2.24, 2.45) is 5.92 Å². The Hall–Kier alpha value is -0.790. The number of rotatable bonds is 27. The number of aromatic amines is 1. The van der Waals surface area contributed by atoms with Crippen LogP contribution in [0.2, 0.25) is 0 Å². The number of hydrogen-bond acceptors (Lipinski definition) is 0. The number of imidazole rings is 1. The van der Waals surface area contributed by atoms with Crippen LogP contribution in [0.5, 0.6) is 0 Å². The highest BCUT2D eigenvalue weighted by Crippen LogP contribution is 2.16. The smallest absolute Gasteiger partial charge is 0.248 e. The summed E-state index contributed by atoms with van der Waals surface area (Å²) in [5.41, 5.74) is 0. The SMILES string of the molecule is CCCCCCCCCCCC(C)[n+]1cc[nH]c1CCCCCCCCCCCCCCCC(C)C. The Kier molecular flexibility index (Phi) is 22.7. The highest BCUT2D eigenvalue weighted by molar-refractivity contribution is 4.78. The molecule has 0 aliphatic carbocycles. The topological polar surface area (TPSA) is 19.7 Å². The summed E-state index contributed by atoms with van der Waals surface area (Å²) in [4.78, 5) is 3.54. The van der Waals surface area contributed by atoms with Gasteiger partial charge >= 0.3 is 0 Å². The Balaban J connectivity index is 1.93. The standard InChI is InChI=1S/C34H66N2/c1-5-6-7-8-9-15-19-22-25-28-33(4)36-31-30-35-34(36)29-26-23-20-17-14-12-10-11-13-16-18-21-24-27-32(2)3/h30-33H,5-29H2,1-4H3/p+1. The molecule has 0 aliphatic rings. The summed E-state index contributed by atoms with van der Waals surface area (Å²) in [5, 5.41) is 0. The average molecular weight is 504 g/mol. The van der Waals surface area contributed by atoms with Crippen LogP contribution in [-0.2, 0) is 6.42 Å². The molecule has 0 radical (unpaired) electrons. The molecule has 1 unspecified atom stereocenters. The van der Waals surface area contributed by atoms with Crippen LogP contribution in [0.25, 0.3) is 0 Å². The molecule has 0 fully saturated rings. The predicted molar refractivity (Wildman–Crippen MR) is 161 cm³/mol. The molecule has 212 valence electrons. The quantitative estimate of drug-likeness (QED) is 0.0909. The molecule has 0 aliphatic heterocycles. The molecule has 0 amide bonds. The zero-order valence-electron chi connectivity index (χ0n) is 25.4. The van der Waals surface area contributed by atoms with E-state index in [0.29, 0.717) is 6.04 Å². The van der Waals surface area contributed by atoms with Crippen molar-refractivity contribution in [3.8, 4) is 0 Å². The Bertz CT molecular complexity index is 561. The van der Waals surface area contributed by atoms with Crippen molar-refractivity contribution in [1.29, 1.82) is 0 Å². The van der Waals surface area contributed by atoms with Crippen LogP contribution in [0.15, 0.2) is 12.4 Å². The number of unbranched alkanes of at least 4 members (excludes halogenated alkanes) is 20. The van der Waals surface area contributed by atoms with E-state index in [-0.39, 0.29) is 0 Å². The largest absolute Gasteiger partial charge is 0.254 e. The second kappa shape index (κ2) is 24.5. The van der Waals surface area contributed by atoms with Crippen molar-refractivity contribution in [2.45, 2.75) is 194 Å². The van der Waals surface area contributed by atoms with Crippen molar-refractivity contribution in [2.75, 3.05) is 0 Å². The third kappa shape index (κ3) is 19.3. The van der Waals surface area contributed by atoms with Crippen molar-refractivity contribution in [3.05, 3.63) is 18.2 Å². The van der Waals surface area contributed by atoms with Crippen LogP contribution in [0.3, 0.4) is 0 Å². The molecule has 0 aromatic carbocycles. The molecule has 1 rings (SSSR count). The second-order valence-electron chi connectivity index (χ2n) is 12.3. The van der Waals surface area contributed by atoms with Crippen LogP contribution >= 0.6 is 0 Å². The van der Waals surface area contributed by atoms with Gasteiger partial charge in [0.15, 0.2) is 0 Å². The Morgan fingerprint density at radius 3 is 1.44 bits per heavy atom. The molecule has 0 bridgehead atoms. The van der Waals surface area contributed by atoms with Crippen LogP contribution in [0.1, 0.15) is 194 Å². The van der Waals surface area contributed by atoms with Crippen LogP contribution < -0.4 is 4.57 Å². The van der Waals surface area contributed by atoms with Gasteiger partial charge in [-0.1, -0.05) is 156 Å². The number of aromatic nitrogens is 2. The molecular weight excluding hydrogens is 436 g/mol. The normalized spacial score (nSPS) is 12.6.